The van der Waals surface area contributed by atoms with Gasteiger partial charge in [-0.2, -0.15) is 0 Å². The van der Waals surface area contributed by atoms with E-state index in [0.29, 0.717) is 25.7 Å². The monoisotopic (exact) mass is 333 g/mol. The zero-order chi connectivity index (χ0) is 17.3. The first-order valence-corrected chi connectivity index (χ1v) is 8.77. The van der Waals surface area contributed by atoms with Crippen LogP contribution in [-0.2, 0) is 16.0 Å². The fraction of sp³-hybridized carbons (Fsp3) is 0.579. The standard InChI is InChI=1S/C19H24FNO3/c1-2-19(18(23)24)12-15-10-11-16(19)21(15)17(22)5-3-4-13-6-8-14(20)9-7-13/h6-9,15-16H,2-5,10-12H2,1H3,(H,23,24)/t15-,16+,19+/m0/s1. The Morgan fingerprint density at radius 3 is 2.58 bits per heavy atom. The number of carbonyl (C=O) groups excluding carboxylic acids is 1. The molecule has 4 nitrogen and oxygen atoms in total. The predicted octanol–water partition coefficient (Wildman–Crippen LogP) is 3.39. The molecule has 5 heteroatoms. The van der Waals surface area contributed by atoms with Gasteiger partial charge in [-0.3, -0.25) is 9.59 Å². The summed E-state index contributed by atoms with van der Waals surface area (Å²) in [7, 11) is 0. The van der Waals surface area contributed by atoms with Crippen molar-refractivity contribution in [1.29, 1.82) is 0 Å². The molecule has 2 saturated heterocycles. The highest BCUT2D eigenvalue weighted by atomic mass is 19.1. The van der Waals surface area contributed by atoms with Gasteiger partial charge in [0.1, 0.15) is 5.82 Å². The zero-order valence-corrected chi connectivity index (χ0v) is 14.0. The van der Waals surface area contributed by atoms with Crippen LogP contribution in [0.3, 0.4) is 0 Å². The van der Waals surface area contributed by atoms with Crippen LogP contribution in [0, 0.1) is 11.2 Å². The van der Waals surface area contributed by atoms with Crippen molar-refractivity contribution in [2.75, 3.05) is 0 Å². The number of hydrogen-bond donors (Lipinski definition) is 1. The van der Waals surface area contributed by atoms with Gasteiger partial charge in [0.2, 0.25) is 5.91 Å². The Labute approximate surface area is 141 Å². The van der Waals surface area contributed by atoms with Gasteiger partial charge in [-0.15, -0.1) is 0 Å². The number of carboxylic acid groups (broad SMARTS) is 1. The molecule has 0 spiro atoms. The first kappa shape index (κ1) is 16.9. The molecule has 130 valence electrons. The summed E-state index contributed by atoms with van der Waals surface area (Å²) >= 11 is 0. The van der Waals surface area contributed by atoms with E-state index in [1.54, 1.807) is 12.1 Å². The van der Waals surface area contributed by atoms with E-state index in [1.807, 2.05) is 11.8 Å². The largest absolute Gasteiger partial charge is 0.481 e. The van der Waals surface area contributed by atoms with Gasteiger partial charge < -0.3 is 10.0 Å². The second kappa shape index (κ2) is 6.54. The summed E-state index contributed by atoms with van der Waals surface area (Å²) < 4.78 is 12.9. The van der Waals surface area contributed by atoms with Gasteiger partial charge in [0.05, 0.1) is 5.41 Å². The average Bonchev–Trinajstić information content (AvgIpc) is 3.12. The summed E-state index contributed by atoms with van der Waals surface area (Å²) in [5, 5.41) is 9.66. The number of fused-ring (bicyclic) bond motifs is 2. The number of carboxylic acids is 1. The Balaban J connectivity index is 1.59. The van der Waals surface area contributed by atoms with Crippen molar-refractivity contribution in [1.82, 2.24) is 4.90 Å². The second-order valence-corrected chi connectivity index (χ2v) is 7.05. The highest BCUT2D eigenvalue weighted by molar-refractivity contribution is 5.82. The third-order valence-electron chi connectivity index (χ3n) is 5.85. The Kier molecular flexibility index (Phi) is 4.61. The van der Waals surface area contributed by atoms with E-state index < -0.39 is 11.4 Å². The number of benzene rings is 1. The molecule has 2 aliphatic rings. The van der Waals surface area contributed by atoms with E-state index in [0.717, 1.165) is 24.8 Å². The van der Waals surface area contributed by atoms with Crippen molar-refractivity contribution in [3.05, 3.63) is 35.6 Å². The van der Waals surface area contributed by atoms with Gasteiger partial charge >= 0.3 is 5.97 Å². The first-order chi connectivity index (χ1) is 11.5. The maximum Gasteiger partial charge on any atom is 0.311 e. The van der Waals surface area contributed by atoms with E-state index in [9.17, 15) is 19.1 Å². The Morgan fingerprint density at radius 2 is 2.00 bits per heavy atom. The molecule has 1 aromatic carbocycles. The number of aliphatic carboxylic acids is 1. The number of carbonyl (C=O) groups is 2. The molecule has 0 radical (unpaired) electrons. The molecule has 2 bridgehead atoms. The lowest BCUT2D eigenvalue weighted by atomic mass is 9.72. The van der Waals surface area contributed by atoms with Gasteiger partial charge in [0.25, 0.3) is 0 Å². The highest BCUT2D eigenvalue weighted by Crippen LogP contribution is 2.52. The van der Waals surface area contributed by atoms with Crippen LogP contribution >= 0.6 is 0 Å². The Hall–Kier alpha value is -1.91. The van der Waals surface area contributed by atoms with Gasteiger partial charge in [0.15, 0.2) is 0 Å². The lowest BCUT2D eigenvalue weighted by Crippen LogP contribution is -2.44. The molecular formula is C19H24FNO3. The quantitative estimate of drug-likeness (QED) is 0.868. The normalized spacial score (nSPS) is 28.3. The van der Waals surface area contributed by atoms with E-state index in [4.69, 9.17) is 0 Å². The van der Waals surface area contributed by atoms with E-state index in [1.165, 1.54) is 12.1 Å². The number of nitrogens with zero attached hydrogens (tertiary/aromatic N) is 1. The third kappa shape index (κ3) is 2.80. The van der Waals surface area contributed by atoms with Crippen LogP contribution in [0.4, 0.5) is 4.39 Å². The molecule has 2 heterocycles. The van der Waals surface area contributed by atoms with Crippen molar-refractivity contribution in [2.45, 2.75) is 64.0 Å². The first-order valence-electron chi connectivity index (χ1n) is 8.77. The molecule has 24 heavy (non-hydrogen) atoms. The van der Waals surface area contributed by atoms with Crippen LogP contribution in [0.2, 0.25) is 0 Å². The van der Waals surface area contributed by atoms with E-state index in [2.05, 4.69) is 0 Å². The molecule has 0 aromatic heterocycles. The minimum atomic E-state index is -0.763. The number of amides is 1. The minimum Gasteiger partial charge on any atom is -0.481 e. The summed E-state index contributed by atoms with van der Waals surface area (Å²) in [5.41, 5.74) is 0.261. The summed E-state index contributed by atoms with van der Waals surface area (Å²) in [4.78, 5) is 26.3. The molecular weight excluding hydrogens is 309 g/mol. The van der Waals surface area contributed by atoms with Gasteiger partial charge in [-0.1, -0.05) is 19.1 Å². The van der Waals surface area contributed by atoms with Gasteiger partial charge in [0, 0.05) is 18.5 Å². The van der Waals surface area contributed by atoms with Crippen LogP contribution in [0.5, 0.6) is 0 Å². The summed E-state index contributed by atoms with van der Waals surface area (Å²) in [6.45, 7) is 1.91. The lowest BCUT2D eigenvalue weighted by molar-refractivity contribution is -0.151. The van der Waals surface area contributed by atoms with Crippen LogP contribution in [-0.4, -0.2) is 34.0 Å². The van der Waals surface area contributed by atoms with Crippen molar-refractivity contribution in [3.8, 4) is 0 Å². The second-order valence-electron chi connectivity index (χ2n) is 7.05. The van der Waals surface area contributed by atoms with Crippen molar-refractivity contribution >= 4 is 11.9 Å². The molecule has 2 aliphatic heterocycles. The number of rotatable bonds is 6. The van der Waals surface area contributed by atoms with Crippen LogP contribution in [0.25, 0.3) is 0 Å². The van der Waals surface area contributed by atoms with Crippen LogP contribution < -0.4 is 0 Å². The fourth-order valence-electron chi connectivity index (χ4n) is 4.54. The number of halogens is 1. The smallest absolute Gasteiger partial charge is 0.311 e. The molecule has 0 unspecified atom stereocenters. The third-order valence-corrected chi connectivity index (χ3v) is 5.85. The topological polar surface area (TPSA) is 57.6 Å². The van der Waals surface area contributed by atoms with E-state index in [-0.39, 0.29) is 23.8 Å². The van der Waals surface area contributed by atoms with Crippen molar-refractivity contribution in [2.24, 2.45) is 5.41 Å². The van der Waals surface area contributed by atoms with Crippen molar-refractivity contribution < 1.29 is 19.1 Å². The molecule has 1 aromatic rings. The maximum absolute atomic E-state index is 12.9. The molecule has 3 atom stereocenters. The molecule has 0 aliphatic carbocycles. The molecule has 3 rings (SSSR count). The van der Waals surface area contributed by atoms with Gasteiger partial charge in [-0.25, -0.2) is 4.39 Å². The van der Waals surface area contributed by atoms with E-state index >= 15 is 0 Å². The molecule has 1 amide bonds. The van der Waals surface area contributed by atoms with Crippen molar-refractivity contribution in [3.63, 3.8) is 0 Å². The summed E-state index contributed by atoms with van der Waals surface area (Å²) in [6, 6.07) is 6.28. The Bertz CT molecular complexity index is 630. The average molecular weight is 333 g/mol. The van der Waals surface area contributed by atoms with Crippen LogP contribution in [0.15, 0.2) is 24.3 Å². The van der Waals surface area contributed by atoms with Gasteiger partial charge in [-0.05, 0) is 56.2 Å². The predicted molar refractivity (Wildman–Crippen MR) is 88.0 cm³/mol. The maximum atomic E-state index is 12.9. The minimum absolute atomic E-state index is 0.0705. The summed E-state index contributed by atoms with van der Waals surface area (Å²) in [5.74, 6) is -0.949. The summed E-state index contributed by atoms with van der Waals surface area (Å²) in [6.07, 6.45) is 4.73. The lowest BCUT2D eigenvalue weighted by Gasteiger charge is -2.32. The highest BCUT2D eigenvalue weighted by Gasteiger charge is 2.60. The Morgan fingerprint density at radius 1 is 1.29 bits per heavy atom. The van der Waals surface area contributed by atoms with Crippen LogP contribution in [0.1, 0.15) is 51.0 Å². The molecule has 2 fully saturated rings. The molecule has 0 saturated carbocycles. The molecule has 1 N–H and O–H groups in total. The fourth-order valence-corrected chi connectivity index (χ4v) is 4.54. The SMILES string of the molecule is CC[C@@]1(C(=O)O)C[C@@H]2CC[C@H]1N2C(=O)CCCc1ccc(F)cc1. The number of aryl methyl sites for hydroxylation is 1. The zero-order valence-electron chi connectivity index (χ0n) is 14.0. The number of hydrogen-bond acceptors (Lipinski definition) is 2.